The van der Waals surface area contributed by atoms with Gasteiger partial charge in [0.2, 0.25) is 0 Å². The van der Waals surface area contributed by atoms with Gasteiger partial charge >= 0.3 is 0 Å². The fraction of sp³-hybridized carbons (Fsp3) is 0.278. The molecule has 2 aromatic carbocycles. The van der Waals surface area contributed by atoms with Gasteiger partial charge in [0.15, 0.2) is 11.5 Å². The smallest absolute Gasteiger partial charge is 0.269 e. The third kappa shape index (κ3) is 5.58. The van der Waals surface area contributed by atoms with Crippen LogP contribution in [0.2, 0.25) is 0 Å². The number of benzene rings is 2. The molecule has 1 N–H and O–H groups in total. The average Bonchev–Trinajstić information content (AvgIpc) is 2.62. The number of nitrogens with one attached hydrogen (secondary N) is 1. The molecule has 0 aliphatic rings. The molecule has 2 rings (SSSR count). The fourth-order valence-corrected chi connectivity index (χ4v) is 2.89. The van der Waals surface area contributed by atoms with Gasteiger partial charge in [-0.3, -0.25) is 15.5 Å². The Morgan fingerprint density at radius 2 is 1.96 bits per heavy atom. The van der Waals surface area contributed by atoms with Crippen molar-refractivity contribution in [3.05, 3.63) is 55.6 Å². The van der Waals surface area contributed by atoms with Crippen molar-refractivity contribution in [1.29, 1.82) is 0 Å². The van der Waals surface area contributed by atoms with Crippen molar-refractivity contribution >= 4 is 40.2 Å². The minimum Gasteiger partial charge on any atom is -0.490 e. The molecule has 0 fully saturated rings. The van der Waals surface area contributed by atoms with E-state index in [1.807, 2.05) is 19.1 Å². The number of hydrogen-bond acceptors (Lipinski definition) is 6. The largest absolute Gasteiger partial charge is 0.490 e. The van der Waals surface area contributed by atoms with Crippen LogP contribution in [0.25, 0.3) is 0 Å². The number of halogens is 1. The molecule has 7 nitrogen and oxygen atoms in total. The molecular weight excluding hydrogens is 449 g/mol. The van der Waals surface area contributed by atoms with E-state index in [0.717, 1.165) is 21.3 Å². The molecule has 2 aromatic rings. The highest BCUT2D eigenvalue weighted by Gasteiger charge is 2.11. The van der Waals surface area contributed by atoms with E-state index in [-0.39, 0.29) is 5.69 Å². The van der Waals surface area contributed by atoms with Crippen molar-refractivity contribution in [2.24, 2.45) is 5.10 Å². The summed E-state index contributed by atoms with van der Waals surface area (Å²) >= 11 is 2.21. The van der Waals surface area contributed by atoms with Crippen LogP contribution in [0, 0.1) is 13.7 Å². The van der Waals surface area contributed by atoms with Gasteiger partial charge in [-0.2, -0.15) is 5.10 Å². The van der Waals surface area contributed by atoms with Crippen LogP contribution in [0.1, 0.15) is 25.8 Å². The lowest BCUT2D eigenvalue weighted by Crippen LogP contribution is -2.03. The maximum Gasteiger partial charge on any atom is 0.269 e. The van der Waals surface area contributed by atoms with E-state index >= 15 is 0 Å². The molecule has 0 amide bonds. The van der Waals surface area contributed by atoms with Crippen LogP contribution in [0.15, 0.2) is 41.5 Å². The van der Waals surface area contributed by atoms with Crippen molar-refractivity contribution in [2.45, 2.75) is 20.3 Å². The second-order valence-corrected chi connectivity index (χ2v) is 6.45. The van der Waals surface area contributed by atoms with Crippen LogP contribution in [-0.4, -0.2) is 24.4 Å². The Hall–Kier alpha value is -2.36. The molecule has 0 atom stereocenters. The van der Waals surface area contributed by atoms with Gasteiger partial charge < -0.3 is 9.47 Å². The number of non-ortho nitro benzene ring substituents is 1. The standard InChI is InChI=1S/C18H20IN3O4/c1-3-9-26-18-16(19)10-13(11-17(18)25-4-2)12-20-21-14-5-7-15(8-6-14)22(23)24/h5-8,10-12,21H,3-4,9H2,1-2H3/b20-12+. The minimum absolute atomic E-state index is 0.0399. The summed E-state index contributed by atoms with van der Waals surface area (Å²) in [6.45, 7) is 5.15. The Morgan fingerprint density at radius 3 is 2.58 bits per heavy atom. The summed E-state index contributed by atoms with van der Waals surface area (Å²) in [7, 11) is 0. The van der Waals surface area contributed by atoms with E-state index in [9.17, 15) is 10.1 Å². The van der Waals surface area contributed by atoms with Crippen LogP contribution in [0.4, 0.5) is 11.4 Å². The van der Waals surface area contributed by atoms with Crippen molar-refractivity contribution in [1.82, 2.24) is 0 Å². The maximum atomic E-state index is 10.7. The number of hydrazone groups is 1. The Kier molecular flexibility index (Phi) is 7.64. The molecular formula is C18H20IN3O4. The normalized spacial score (nSPS) is 10.7. The highest BCUT2D eigenvalue weighted by molar-refractivity contribution is 14.1. The van der Waals surface area contributed by atoms with Crippen LogP contribution >= 0.6 is 22.6 Å². The molecule has 26 heavy (non-hydrogen) atoms. The van der Waals surface area contributed by atoms with E-state index in [4.69, 9.17) is 9.47 Å². The van der Waals surface area contributed by atoms with Gasteiger partial charge in [-0.05, 0) is 65.8 Å². The Balaban J connectivity index is 2.12. The molecule has 0 aliphatic carbocycles. The second kappa shape index (κ2) is 9.95. The number of hydrogen-bond donors (Lipinski definition) is 1. The molecule has 0 aliphatic heterocycles. The van der Waals surface area contributed by atoms with E-state index in [0.29, 0.717) is 24.7 Å². The summed E-state index contributed by atoms with van der Waals surface area (Å²) in [5, 5.41) is 14.8. The number of nitro groups is 1. The molecule has 0 unspecified atom stereocenters. The van der Waals surface area contributed by atoms with E-state index in [1.165, 1.54) is 12.1 Å². The SMILES string of the molecule is CCCOc1c(I)cc(/C=N/Nc2ccc([N+](=O)[O-])cc2)cc1OCC. The van der Waals surface area contributed by atoms with Crippen LogP contribution in [-0.2, 0) is 0 Å². The monoisotopic (exact) mass is 469 g/mol. The Morgan fingerprint density at radius 1 is 1.23 bits per heavy atom. The molecule has 0 saturated carbocycles. The highest BCUT2D eigenvalue weighted by atomic mass is 127. The zero-order chi connectivity index (χ0) is 18.9. The summed E-state index contributed by atoms with van der Waals surface area (Å²) in [6.07, 6.45) is 2.58. The summed E-state index contributed by atoms with van der Waals surface area (Å²) in [4.78, 5) is 10.2. The topological polar surface area (TPSA) is 86.0 Å². The summed E-state index contributed by atoms with van der Waals surface area (Å²) in [6, 6.07) is 9.88. The summed E-state index contributed by atoms with van der Waals surface area (Å²) in [5.74, 6) is 1.43. The van der Waals surface area contributed by atoms with Gasteiger partial charge in [-0.15, -0.1) is 0 Å². The van der Waals surface area contributed by atoms with Crippen molar-refractivity contribution in [3.8, 4) is 11.5 Å². The lowest BCUT2D eigenvalue weighted by atomic mass is 10.2. The van der Waals surface area contributed by atoms with Crippen molar-refractivity contribution in [2.75, 3.05) is 18.6 Å². The van der Waals surface area contributed by atoms with Crippen LogP contribution < -0.4 is 14.9 Å². The van der Waals surface area contributed by atoms with E-state index < -0.39 is 4.92 Å². The summed E-state index contributed by atoms with van der Waals surface area (Å²) in [5.41, 5.74) is 4.41. The predicted octanol–water partition coefficient (Wildman–Crippen LogP) is 4.83. The molecule has 0 bridgehead atoms. The number of rotatable bonds is 9. The predicted molar refractivity (Wildman–Crippen MR) is 110 cm³/mol. The lowest BCUT2D eigenvalue weighted by molar-refractivity contribution is -0.384. The van der Waals surface area contributed by atoms with Crippen LogP contribution in [0.3, 0.4) is 0 Å². The minimum atomic E-state index is -0.438. The molecule has 8 heteroatoms. The highest BCUT2D eigenvalue weighted by Crippen LogP contribution is 2.34. The first-order chi connectivity index (χ1) is 12.5. The zero-order valence-corrected chi connectivity index (χ0v) is 16.7. The summed E-state index contributed by atoms with van der Waals surface area (Å²) < 4.78 is 12.4. The zero-order valence-electron chi connectivity index (χ0n) is 14.6. The van der Waals surface area contributed by atoms with E-state index in [2.05, 4.69) is 40.0 Å². The molecule has 0 saturated heterocycles. The third-order valence-electron chi connectivity index (χ3n) is 3.27. The third-order valence-corrected chi connectivity index (χ3v) is 4.07. The molecule has 0 aromatic heterocycles. The van der Waals surface area contributed by atoms with Gasteiger partial charge in [0.1, 0.15) is 0 Å². The first-order valence-electron chi connectivity index (χ1n) is 8.17. The molecule has 0 heterocycles. The number of nitrogens with zero attached hydrogens (tertiary/aromatic N) is 2. The van der Waals surface area contributed by atoms with Gasteiger partial charge in [0.25, 0.3) is 5.69 Å². The number of nitro benzene ring substituents is 1. The first kappa shape index (κ1) is 20.0. The van der Waals surface area contributed by atoms with Crippen LogP contribution in [0.5, 0.6) is 11.5 Å². The van der Waals surface area contributed by atoms with Crippen molar-refractivity contribution in [3.63, 3.8) is 0 Å². The lowest BCUT2D eigenvalue weighted by Gasteiger charge is -2.14. The first-order valence-corrected chi connectivity index (χ1v) is 9.25. The van der Waals surface area contributed by atoms with Crippen molar-refractivity contribution < 1.29 is 14.4 Å². The van der Waals surface area contributed by atoms with E-state index in [1.54, 1.807) is 18.3 Å². The number of anilines is 1. The van der Waals surface area contributed by atoms with Gasteiger partial charge in [-0.25, -0.2) is 0 Å². The Labute approximate surface area is 165 Å². The molecule has 0 spiro atoms. The average molecular weight is 469 g/mol. The molecule has 0 radical (unpaired) electrons. The maximum absolute atomic E-state index is 10.7. The van der Waals surface area contributed by atoms with Gasteiger partial charge in [-0.1, -0.05) is 6.92 Å². The number of ether oxygens (including phenoxy) is 2. The second-order valence-electron chi connectivity index (χ2n) is 5.29. The van der Waals surface area contributed by atoms with Gasteiger partial charge in [0, 0.05) is 12.1 Å². The van der Waals surface area contributed by atoms with Gasteiger partial charge in [0.05, 0.1) is 33.6 Å². The molecule has 138 valence electrons. The quantitative estimate of drug-likeness (QED) is 0.246. The fourth-order valence-electron chi connectivity index (χ4n) is 2.11. The Bertz CT molecular complexity index is 779.